The second-order valence-corrected chi connectivity index (χ2v) is 5.65. The predicted octanol–water partition coefficient (Wildman–Crippen LogP) is 1.59. The van der Waals surface area contributed by atoms with Crippen LogP contribution in [0.2, 0.25) is 0 Å². The lowest BCUT2D eigenvalue weighted by Crippen LogP contribution is -2.37. The van der Waals surface area contributed by atoms with Crippen LogP contribution in [-0.2, 0) is 11.3 Å². The van der Waals surface area contributed by atoms with Gasteiger partial charge in [0, 0.05) is 39.4 Å². The van der Waals surface area contributed by atoms with Gasteiger partial charge in [-0.05, 0) is 33.4 Å². The first-order chi connectivity index (χ1) is 10.1. The summed E-state index contributed by atoms with van der Waals surface area (Å²) in [5, 5.41) is 3.26. The Bertz CT molecular complexity index is 429. The number of hydrogen-bond acceptors (Lipinski definition) is 6. The molecule has 1 aliphatic heterocycles. The highest BCUT2D eigenvalue weighted by atomic mass is 16.5. The maximum absolute atomic E-state index is 5.17. The largest absolute Gasteiger partial charge is 0.377 e. The zero-order valence-corrected chi connectivity index (χ0v) is 13.6. The van der Waals surface area contributed by atoms with Gasteiger partial charge in [0.1, 0.15) is 18.2 Å². The van der Waals surface area contributed by atoms with E-state index in [9.17, 15) is 0 Å². The molecule has 0 amide bonds. The van der Waals surface area contributed by atoms with E-state index in [1.807, 2.05) is 6.07 Å². The summed E-state index contributed by atoms with van der Waals surface area (Å²) in [7, 11) is 5.97. The van der Waals surface area contributed by atoms with Crippen molar-refractivity contribution in [2.75, 3.05) is 51.1 Å². The lowest BCUT2D eigenvalue weighted by Gasteiger charge is -2.27. The number of likely N-dealkylation sites (N-methyl/N-ethyl adjacent to an activating group) is 2. The molecule has 21 heavy (non-hydrogen) atoms. The van der Waals surface area contributed by atoms with Crippen LogP contribution in [0.3, 0.4) is 0 Å². The maximum Gasteiger partial charge on any atom is 0.158 e. The van der Waals surface area contributed by atoms with Crippen molar-refractivity contribution in [3.05, 3.63) is 11.9 Å². The predicted molar refractivity (Wildman–Crippen MR) is 85.8 cm³/mol. The van der Waals surface area contributed by atoms with Crippen LogP contribution in [0, 0.1) is 0 Å². The molecule has 1 aromatic heterocycles. The van der Waals surface area contributed by atoms with Crippen LogP contribution < -0.4 is 10.2 Å². The van der Waals surface area contributed by atoms with Gasteiger partial charge in [0.25, 0.3) is 0 Å². The average Bonchev–Trinajstić information content (AvgIpc) is 2.85. The van der Waals surface area contributed by atoms with E-state index >= 15 is 0 Å². The summed E-state index contributed by atoms with van der Waals surface area (Å²) in [6, 6.07) is 2.62. The molecule has 6 heteroatoms. The van der Waals surface area contributed by atoms with E-state index in [0.717, 1.165) is 30.5 Å². The summed E-state index contributed by atoms with van der Waals surface area (Å²) in [4.78, 5) is 13.7. The number of aromatic nitrogens is 2. The normalized spacial score (nSPS) is 19.0. The van der Waals surface area contributed by atoms with E-state index < -0.39 is 0 Å². The van der Waals surface area contributed by atoms with Crippen molar-refractivity contribution in [3.63, 3.8) is 0 Å². The zero-order chi connectivity index (χ0) is 15.2. The van der Waals surface area contributed by atoms with Gasteiger partial charge in [0.15, 0.2) is 5.82 Å². The van der Waals surface area contributed by atoms with Crippen molar-refractivity contribution in [2.24, 2.45) is 0 Å². The second kappa shape index (κ2) is 7.56. The molecule has 1 N–H and O–H groups in total. The highest BCUT2D eigenvalue weighted by Crippen LogP contribution is 2.20. The molecule has 1 fully saturated rings. The number of methoxy groups -OCH3 is 1. The van der Waals surface area contributed by atoms with Crippen molar-refractivity contribution >= 4 is 11.6 Å². The van der Waals surface area contributed by atoms with E-state index in [4.69, 9.17) is 4.74 Å². The van der Waals surface area contributed by atoms with Crippen LogP contribution in [0.25, 0.3) is 0 Å². The Morgan fingerprint density at radius 2 is 2.29 bits per heavy atom. The van der Waals surface area contributed by atoms with Crippen molar-refractivity contribution in [1.29, 1.82) is 0 Å². The molecule has 0 bridgehead atoms. The summed E-state index contributed by atoms with van der Waals surface area (Å²) in [5.74, 6) is 2.53. The molecule has 2 rings (SSSR count). The number of nitrogens with zero attached hydrogens (tertiary/aromatic N) is 4. The SMILES string of the molecule is CCNc1cc(N(C)CC2CCCN2C)nc(COC)n1. The fraction of sp³-hybridized carbons (Fsp3) is 0.733. The molecule has 1 saturated heterocycles. The minimum absolute atomic E-state index is 0.434. The Morgan fingerprint density at radius 3 is 2.90 bits per heavy atom. The summed E-state index contributed by atoms with van der Waals surface area (Å²) >= 11 is 0. The fourth-order valence-electron chi connectivity index (χ4n) is 2.76. The molecule has 0 spiro atoms. The van der Waals surface area contributed by atoms with Crippen LogP contribution in [0.1, 0.15) is 25.6 Å². The molecule has 1 atom stereocenters. The summed E-state index contributed by atoms with van der Waals surface area (Å²) < 4.78 is 5.17. The molecule has 2 heterocycles. The lowest BCUT2D eigenvalue weighted by molar-refractivity contribution is 0.178. The first-order valence-electron chi connectivity index (χ1n) is 7.66. The van der Waals surface area contributed by atoms with Crippen LogP contribution in [0.15, 0.2) is 6.07 Å². The number of nitrogens with one attached hydrogen (secondary N) is 1. The van der Waals surface area contributed by atoms with Gasteiger partial charge in [0.05, 0.1) is 0 Å². The van der Waals surface area contributed by atoms with Gasteiger partial charge in [-0.25, -0.2) is 9.97 Å². The summed E-state index contributed by atoms with van der Waals surface area (Å²) in [5.41, 5.74) is 0. The quantitative estimate of drug-likeness (QED) is 0.824. The van der Waals surface area contributed by atoms with E-state index in [2.05, 4.69) is 46.1 Å². The van der Waals surface area contributed by atoms with E-state index in [1.165, 1.54) is 19.4 Å². The third kappa shape index (κ3) is 4.28. The second-order valence-electron chi connectivity index (χ2n) is 5.65. The Hall–Kier alpha value is -1.40. The van der Waals surface area contributed by atoms with E-state index in [0.29, 0.717) is 12.6 Å². The lowest BCUT2D eigenvalue weighted by atomic mass is 10.2. The third-order valence-electron chi connectivity index (χ3n) is 3.94. The minimum atomic E-state index is 0.434. The first-order valence-corrected chi connectivity index (χ1v) is 7.66. The Labute approximate surface area is 127 Å². The smallest absolute Gasteiger partial charge is 0.158 e. The maximum atomic E-state index is 5.17. The molecule has 0 aromatic carbocycles. The molecule has 1 aromatic rings. The van der Waals surface area contributed by atoms with Gasteiger partial charge in [0.2, 0.25) is 0 Å². The molecule has 118 valence electrons. The Morgan fingerprint density at radius 1 is 1.48 bits per heavy atom. The highest BCUT2D eigenvalue weighted by molar-refractivity contribution is 5.49. The third-order valence-corrected chi connectivity index (χ3v) is 3.94. The highest BCUT2D eigenvalue weighted by Gasteiger charge is 2.22. The van der Waals surface area contributed by atoms with Crippen LogP contribution in [-0.4, -0.2) is 61.7 Å². The van der Waals surface area contributed by atoms with Crippen LogP contribution in [0.4, 0.5) is 11.6 Å². The average molecular weight is 293 g/mol. The monoisotopic (exact) mass is 293 g/mol. The van der Waals surface area contributed by atoms with Crippen LogP contribution >= 0.6 is 0 Å². The van der Waals surface area contributed by atoms with Crippen molar-refractivity contribution < 1.29 is 4.74 Å². The Kier molecular flexibility index (Phi) is 5.76. The van der Waals surface area contributed by atoms with Crippen molar-refractivity contribution in [1.82, 2.24) is 14.9 Å². The standard InChI is InChI=1S/C15H27N5O/c1-5-16-13-9-15(18-14(17-13)11-21-4)20(3)10-12-7-6-8-19(12)2/h9,12H,5-8,10-11H2,1-4H3,(H,16,17,18). The molecule has 1 aliphatic rings. The number of hydrogen-bond donors (Lipinski definition) is 1. The van der Waals surface area contributed by atoms with Gasteiger partial charge < -0.3 is 19.9 Å². The summed E-state index contributed by atoms with van der Waals surface area (Å²) in [6.45, 7) is 5.53. The molecular formula is C15H27N5O. The molecular weight excluding hydrogens is 266 g/mol. The molecule has 6 nitrogen and oxygen atoms in total. The first kappa shape index (κ1) is 16.0. The molecule has 0 radical (unpaired) electrons. The number of rotatable bonds is 7. The van der Waals surface area contributed by atoms with Gasteiger partial charge in [-0.15, -0.1) is 0 Å². The van der Waals surface area contributed by atoms with Crippen molar-refractivity contribution in [3.8, 4) is 0 Å². The summed E-state index contributed by atoms with van der Waals surface area (Å²) in [6.07, 6.45) is 2.55. The Balaban J connectivity index is 2.12. The minimum Gasteiger partial charge on any atom is -0.377 e. The number of likely N-dealkylation sites (tertiary alicyclic amines) is 1. The topological polar surface area (TPSA) is 53.5 Å². The van der Waals surface area contributed by atoms with Gasteiger partial charge in [-0.3, -0.25) is 0 Å². The van der Waals surface area contributed by atoms with E-state index in [1.54, 1.807) is 7.11 Å². The number of ether oxygens (including phenoxy) is 1. The molecule has 1 unspecified atom stereocenters. The fourth-order valence-corrected chi connectivity index (χ4v) is 2.76. The van der Waals surface area contributed by atoms with Gasteiger partial charge >= 0.3 is 0 Å². The van der Waals surface area contributed by atoms with Gasteiger partial charge in [-0.2, -0.15) is 0 Å². The number of anilines is 2. The molecule has 0 saturated carbocycles. The van der Waals surface area contributed by atoms with Crippen LogP contribution in [0.5, 0.6) is 0 Å². The molecule has 0 aliphatic carbocycles. The zero-order valence-electron chi connectivity index (χ0n) is 13.6. The van der Waals surface area contributed by atoms with Gasteiger partial charge in [-0.1, -0.05) is 0 Å². The van der Waals surface area contributed by atoms with Crippen molar-refractivity contribution in [2.45, 2.75) is 32.4 Å². The van der Waals surface area contributed by atoms with E-state index in [-0.39, 0.29) is 0 Å².